The van der Waals surface area contributed by atoms with E-state index in [1.165, 1.54) is 20.0 Å². The van der Waals surface area contributed by atoms with E-state index in [0.29, 0.717) is 25.9 Å². The van der Waals surface area contributed by atoms with Crippen molar-refractivity contribution in [3.63, 3.8) is 0 Å². The fourth-order valence-corrected chi connectivity index (χ4v) is 2.55. The van der Waals surface area contributed by atoms with Crippen molar-refractivity contribution in [3.05, 3.63) is 0 Å². The van der Waals surface area contributed by atoms with Crippen molar-refractivity contribution in [2.24, 2.45) is 0 Å². The quantitative estimate of drug-likeness (QED) is 0.360. The minimum atomic E-state index is -0.728. The van der Waals surface area contributed by atoms with Gasteiger partial charge < -0.3 is 20.1 Å². The van der Waals surface area contributed by atoms with Crippen LogP contribution in [0.25, 0.3) is 0 Å². The third-order valence-corrected chi connectivity index (χ3v) is 4.04. The van der Waals surface area contributed by atoms with Crippen LogP contribution in [0.2, 0.25) is 0 Å². The topological polar surface area (TPSA) is 93.7 Å². The van der Waals surface area contributed by atoms with Gasteiger partial charge in [0.1, 0.15) is 12.1 Å². The van der Waals surface area contributed by atoms with Gasteiger partial charge in [-0.15, -0.1) is 0 Å². The number of unbranched alkanes of at least 4 members (excludes halogenated alkanes) is 4. The summed E-state index contributed by atoms with van der Waals surface area (Å²) in [6, 6.07) is -1.42. The molecule has 0 aromatic rings. The van der Waals surface area contributed by atoms with Gasteiger partial charge in [0.05, 0.1) is 13.7 Å². The van der Waals surface area contributed by atoms with Crippen LogP contribution in [0.15, 0.2) is 0 Å². The lowest BCUT2D eigenvalue weighted by Crippen LogP contribution is -2.51. The summed E-state index contributed by atoms with van der Waals surface area (Å²) in [5, 5.41) is 5.21. The van der Waals surface area contributed by atoms with Gasteiger partial charge in [-0.2, -0.15) is 0 Å². The van der Waals surface area contributed by atoms with Crippen LogP contribution in [-0.2, 0) is 19.1 Å². The molecular weight excluding hydrogens is 336 g/mol. The summed E-state index contributed by atoms with van der Waals surface area (Å²) in [6.45, 7) is 6.37. The summed E-state index contributed by atoms with van der Waals surface area (Å²) in [4.78, 5) is 36.1. The Kier molecular flexibility index (Phi) is 14.4. The molecule has 2 amide bonds. The summed E-state index contributed by atoms with van der Waals surface area (Å²) in [5.74, 6) is -0.806. The van der Waals surface area contributed by atoms with E-state index in [0.717, 1.165) is 25.7 Å². The molecule has 0 rings (SSSR count). The van der Waals surface area contributed by atoms with Crippen molar-refractivity contribution < 1.29 is 23.9 Å². The van der Waals surface area contributed by atoms with Crippen LogP contribution in [0.1, 0.15) is 78.6 Å². The molecule has 0 spiro atoms. The number of amides is 2. The van der Waals surface area contributed by atoms with Gasteiger partial charge in [-0.1, -0.05) is 59.3 Å². The first-order chi connectivity index (χ1) is 12.5. The average Bonchev–Trinajstić information content (AvgIpc) is 2.63. The third kappa shape index (κ3) is 10.9. The summed E-state index contributed by atoms with van der Waals surface area (Å²) >= 11 is 0. The maximum atomic E-state index is 12.4. The predicted molar refractivity (Wildman–Crippen MR) is 101 cm³/mol. The van der Waals surface area contributed by atoms with E-state index in [-0.39, 0.29) is 0 Å². The smallest absolute Gasteiger partial charge is 0.407 e. The number of esters is 1. The number of hydrogen-bond acceptors (Lipinski definition) is 5. The number of alkyl carbamates (subject to hydrolysis) is 1. The van der Waals surface area contributed by atoms with Crippen LogP contribution in [0.5, 0.6) is 0 Å². The van der Waals surface area contributed by atoms with Gasteiger partial charge in [0.15, 0.2) is 0 Å². The van der Waals surface area contributed by atoms with E-state index in [1.807, 2.05) is 13.8 Å². The van der Waals surface area contributed by atoms with Crippen molar-refractivity contribution in [1.29, 1.82) is 0 Å². The Morgan fingerprint density at radius 3 is 2.00 bits per heavy atom. The fourth-order valence-electron chi connectivity index (χ4n) is 2.55. The predicted octanol–water partition coefficient (Wildman–Crippen LogP) is 3.31. The number of methoxy groups -OCH3 is 1. The van der Waals surface area contributed by atoms with Crippen LogP contribution < -0.4 is 10.6 Å². The zero-order chi connectivity index (χ0) is 19.8. The molecule has 2 N–H and O–H groups in total. The SMILES string of the molecule is CCCCCCCOC(=O)C(CCC)NC(=O)C(CCC)NC(=O)OC. The van der Waals surface area contributed by atoms with E-state index >= 15 is 0 Å². The van der Waals surface area contributed by atoms with E-state index in [4.69, 9.17) is 4.74 Å². The third-order valence-electron chi connectivity index (χ3n) is 4.04. The van der Waals surface area contributed by atoms with Crippen LogP contribution in [0.3, 0.4) is 0 Å². The second kappa shape index (κ2) is 15.5. The highest BCUT2D eigenvalue weighted by molar-refractivity contribution is 5.89. The minimum absolute atomic E-state index is 0.372. The molecule has 26 heavy (non-hydrogen) atoms. The van der Waals surface area contributed by atoms with Gasteiger partial charge in [-0.3, -0.25) is 4.79 Å². The van der Waals surface area contributed by atoms with E-state index in [1.54, 1.807) is 0 Å². The van der Waals surface area contributed by atoms with Crippen molar-refractivity contribution in [2.75, 3.05) is 13.7 Å². The van der Waals surface area contributed by atoms with Crippen LogP contribution >= 0.6 is 0 Å². The molecule has 2 unspecified atom stereocenters. The Balaban J connectivity index is 4.53. The molecule has 0 bridgehead atoms. The normalized spacial score (nSPS) is 12.8. The zero-order valence-electron chi connectivity index (χ0n) is 16.8. The average molecular weight is 373 g/mol. The lowest BCUT2D eigenvalue weighted by Gasteiger charge is -2.21. The molecule has 0 aliphatic rings. The van der Waals surface area contributed by atoms with Crippen LogP contribution in [0, 0.1) is 0 Å². The number of rotatable bonds is 14. The first-order valence-corrected chi connectivity index (χ1v) is 9.81. The Morgan fingerprint density at radius 1 is 0.808 bits per heavy atom. The van der Waals surface area contributed by atoms with E-state index in [2.05, 4.69) is 22.3 Å². The molecule has 152 valence electrons. The second-order valence-corrected chi connectivity index (χ2v) is 6.41. The highest BCUT2D eigenvalue weighted by Gasteiger charge is 2.26. The Bertz CT molecular complexity index is 415. The molecule has 0 radical (unpaired) electrons. The number of hydrogen-bond donors (Lipinski definition) is 2. The van der Waals surface area contributed by atoms with Crippen molar-refractivity contribution in [3.8, 4) is 0 Å². The molecule has 0 aromatic carbocycles. The maximum Gasteiger partial charge on any atom is 0.407 e. The number of carbonyl (C=O) groups is 3. The highest BCUT2D eigenvalue weighted by atomic mass is 16.5. The maximum absolute atomic E-state index is 12.4. The molecule has 0 fully saturated rings. The standard InChI is InChI=1S/C19H36N2O5/c1-5-8-9-10-11-14-26-18(23)16(13-7-3)20-17(22)15(12-6-2)21-19(24)25-4/h15-16H,5-14H2,1-4H3,(H,20,22)(H,21,24). The summed E-state index contributed by atoms with van der Waals surface area (Å²) < 4.78 is 9.86. The van der Waals surface area contributed by atoms with Crippen molar-refractivity contribution in [2.45, 2.75) is 90.6 Å². The van der Waals surface area contributed by atoms with Crippen LogP contribution in [0.4, 0.5) is 4.79 Å². The van der Waals surface area contributed by atoms with Gasteiger partial charge in [0.2, 0.25) is 5.91 Å². The largest absolute Gasteiger partial charge is 0.464 e. The molecule has 7 nitrogen and oxygen atoms in total. The monoisotopic (exact) mass is 372 g/mol. The highest BCUT2D eigenvalue weighted by Crippen LogP contribution is 2.06. The van der Waals surface area contributed by atoms with Gasteiger partial charge in [-0.25, -0.2) is 9.59 Å². The molecule has 0 aliphatic heterocycles. The Hall–Kier alpha value is -1.79. The number of carbonyl (C=O) groups excluding carboxylic acids is 3. The molecule has 0 saturated heterocycles. The minimum Gasteiger partial charge on any atom is -0.464 e. The van der Waals surface area contributed by atoms with E-state index in [9.17, 15) is 14.4 Å². The molecule has 2 atom stereocenters. The number of nitrogens with one attached hydrogen (secondary N) is 2. The summed E-state index contributed by atoms with van der Waals surface area (Å²) in [7, 11) is 1.24. The molecule has 7 heteroatoms. The molecule has 0 saturated carbocycles. The fraction of sp³-hybridized carbons (Fsp3) is 0.842. The lowest BCUT2D eigenvalue weighted by atomic mass is 10.1. The first-order valence-electron chi connectivity index (χ1n) is 9.81. The van der Waals surface area contributed by atoms with Crippen molar-refractivity contribution >= 4 is 18.0 Å². The van der Waals surface area contributed by atoms with Gasteiger partial charge in [0, 0.05) is 0 Å². The van der Waals surface area contributed by atoms with Gasteiger partial charge in [-0.05, 0) is 19.3 Å². The van der Waals surface area contributed by atoms with Crippen LogP contribution in [-0.4, -0.2) is 43.8 Å². The van der Waals surface area contributed by atoms with Gasteiger partial charge >= 0.3 is 12.1 Å². The lowest BCUT2D eigenvalue weighted by molar-refractivity contribution is -0.148. The zero-order valence-corrected chi connectivity index (χ0v) is 16.8. The Morgan fingerprint density at radius 2 is 1.42 bits per heavy atom. The first kappa shape index (κ1) is 24.2. The molecule has 0 aliphatic carbocycles. The second-order valence-electron chi connectivity index (χ2n) is 6.41. The summed E-state index contributed by atoms with van der Waals surface area (Å²) in [6.07, 6.45) is 7.11. The van der Waals surface area contributed by atoms with E-state index < -0.39 is 30.1 Å². The molecule has 0 aromatic heterocycles. The summed E-state index contributed by atoms with van der Waals surface area (Å²) in [5.41, 5.74) is 0. The van der Waals surface area contributed by atoms with Crippen molar-refractivity contribution in [1.82, 2.24) is 10.6 Å². The molecule has 0 heterocycles. The Labute approximate surface area is 157 Å². The molecular formula is C19H36N2O5. The number of ether oxygens (including phenoxy) is 2. The van der Waals surface area contributed by atoms with Gasteiger partial charge in [0.25, 0.3) is 0 Å².